The number of esters is 1. The summed E-state index contributed by atoms with van der Waals surface area (Å²) in [5.74, 6) is -1.16. The minimum Gasteiger partial charge on any atom is -0.451 e. The van der Waals surface area contributed by atoms with Crippen molar-refractivity contribution in [2.75, 3.05) is 18.1 Å². The van der Waals surface area contributed by atoms with Crippen molar-refractivity contribution in [3.63, 3.8) is 0 Å². The molecule has 2 aromatic heterocycles. The monoisotopic (exact) mass is 461 g/mol. The van der Waals surface area contributed by atoms with Crippen molar-refractivity contribution in [1.82, 2.24) is 15.1 Å². The van der Waals surface area contributed by atoms with Gasteiger partial charge in [-0.15, -0.1) is 11.3 Å². The number of aromatic nitrogens is 2. The summed E-state index contributed by atoms with van der Waals surface area (Å²) in [6, 6.07) is 11.6. The van der Waals surface area contributed by atoms with Crippen molar-refractivity contribution in [2.24, 2.45) is 0 Å². The van der Waals surface area contributed by atoms with E-state index in [9.17, 15) is 18.0 Å². The number of fused-ring (bicyclic) bond motifs is 1. The van der Waals surface area contributed by atoms with Crippen LogP contribution in [0.5, 0.6) is 0 Å². The van der Waals surface area contributed by atoms with E-state index < -0.39 is 33.9 Å². The lowest BCUT2D eigenvalue weighted by Crippen LogP contribution is -2.48. The van der Waals surface area contributed by atoms with Crippen LogP contribution in [0.2, 0.25) is 0 Å². The predicted octanol–water partition coefficient (Wildman–Crippen LogP) is 2.30. The van der Waals surface area contributed by atoms with Crippen LogP contribution in [-0.2, 0) is 25.9 Å². The molecule has 1 N–H and O–H groups in total. The lowest BCUT2D eigenvalue weighted by molar-refractivity contribution is -0.125. The first-order valence-electron chi connectivity index (χ1n) is 9.84. The second-order valence-corrected chi connectivity index (χ2v) is 11.3. The van der Waals surface area contributed by atoms with E-state index in [1.165, 1.54) is 11.3 Å². The van der Waals surface area contributed by atoms with Crippen LogP contribution < -0.4 is 5.32 Å². The molecule has 3 aromatic rings. The minimum absolute atomic E-state index is 0.0463. The number of sulfone groups is 1. The molecule has 0 bridgehead atoms. The summed E-state index contributed by atoms with van der Waals surface area (Å²) in [5, 5.41) is 8.11. The third kappa shape index (κ3) is 4.80. The molecule has 1 aromatic carbocycles. The summed E-state index contributed by atoms with van der Waals surface area (Å²) in [4.78, 5) is 25.9. The largest absolute Gasteiger partial charge is 0.451 e. The summed E-state index contributed by atoms with van der Waals surface area (Å²) in [7, 11) is -3.14. The van der Waals surface area contributed by atoms with Gasteiger partial charge in [-0.3, -0.25) is 9.48 Å². The van der Waals surface area contributed by atoms with Crippen LogP contribution in [0.25, 0.3) is 10.2 Å². The summed E-state index contributed by atoms with van der Waals surface area (Å²) in [6.45, 7) is 3.70. The topological polar surface area (TPSA) is 107 Å². The Balaban J connectivity index is 1.41. The number of nitrogens with one attached hydrogen (secondary N) is 1. The van der Waals surface area contributed by atoms with Gasteiger partial charge in [0, 0.05) is 5.39 Å². The Kier molecular flexibility index (Phi) is 5.61. The number of benzene rings is 1. The zero-order valence-electron chi connectivity index (χ0n) is 17.3. The highest BCUT2D eigenvalue weighted by Gasteiger charge is 2.39. The molecule has 1 amide bonds. The highest BCUT2D eigenvalue weighted by atomic mass is 32.2. The molecule has 3 heterocycles. The molecule has 0 radical (unpaired) electrons. The van der Waals surface area contributed by atoms with Gasteiger partial charge in [-0.1, -0.05) is 30.3 Å². The van der Waals surface area contributed by atoms with Crippen LogP contribution in [0.4, 0.5) is 0 Å². The average molecular weight is 462 g/mol. The summed E-state index contributed by atoms with van der Waals surface area (Å²) in [5.41, 5.74) is 1.09. The fraction of sp³-hybridized carbons (Fsp3) is 0.381. The van der Waals surface area contributed by atoms with Crippen LogP contribution in [-0.4, -0.2) is 53.7 Å². The maximum absolute atomic E-state index is 12.5. The molecule has 0 aliphatic carbocycles. The number of thiophene rings is 1. The number of carbonyl (C=O) groups is 2. The van der Waals surface area contributed by atoms with Gasteiger partial charge < -0.3 is 10.1 Å². The molecular weight excluding hydrogens is 438 g/mol. The van der Waals surface area contributed by atoms with Crippen LogP contribution in [0.15, 0.2) is 36.4 Å². The second-order valence-electron chi connectivity index (χ2n) is 8.09. The second kappa shape index (κ2) is 8.08. The van der Waals surface area contributed by atoms with E-state index in [0.29, 0.717) is 17.8 Å². The number of carbonyl (C=O) groups excluding carboxylic acids is 2. The molecule has 4 rings (SSSR count). The molecular formula is C21H23N3O5S2. The number of aryl methyl sites for hydroxylation is 1. The van der Waals surface area contributed by atoms with Gasteiger partial charge in [0.15, 0.2) is 16.4 Å². The van der Waals surface area contributed by atoms with Crippen molar-refractivity contribution in [1.29, 1.82) is 0 Å². The summed E-state index contributed by atoms with van der Waals surface area (Å²) >= 11 is 1.27. The van der Waals surface area contributed by atoms with Crippen molar-refractivity contribution in [2.45, 2.75) is 32.4 Å². The molecule has 1 unspecified atom stereocenters. The van der Waals surface area contributed by atoms with Crippen molar-refractivity contribution >= 4 is 43.3 Å². The molecule has 1 atom stereocenters. The Morgan fingerprint density at radius 2 is 2.03 bits per heavy atom. The number of hydrogen-bond acceptors (Lipinski definition) is 7. The summed E-state index contributed by atoms with van der Waals surface area (Å²) in [6.07, 6.45) is 0.350. The Labute approximate surface area is 184 Å². The molecule has 164 valence electrons. The molecule has 0 saturated carbocycles. The van der Waals surface area contributed by atoms with Gasteiger partial charge in [0.25, 0.3) is 5.91 Å². The molecule has 1 aliphatic heterocycles. The maximum Gasteiger partial charge on any atom is 0.348 e. The Hall–Kier alpha value is -2.72. The minimum atomic E-state index is -3.14. The van der Waals surface area contributed by atoms with Crippen molar-refractivity contribution in [3.05, 3.63) is 52.5 Å². The van der Waals surface area contributed by atoms with E-state index in [1.54, 1.807) is 13.0 Å². The lowest BCUT2D eigenvalue weighted by atomic mass is 10.0. The standard InChI is InChI=1S/C21H23N3O5S2/c1-14-16-10-17(30-19(16)24(23-14)11-15-6-4-3-5-7-15)20(26)29-12-18(25)22-21(2)8-9-31(27,28)13-21/h3-7,10H,8-9,11-13H2,1-2H3,(H,22,25). The van der Waals surface area contributed by atoms with E-state index in [-0.39, 0.29) is 11.5 Å². The predicted molar refractivity (Wildman–Crippen MR) is 118 cm³/mol. The Bertz CT molecular complexity index is 1250. The first-order valence-corrected chi connectivity index (χ1v) is 12.5. The highest BCUT2D eigenvalue weighted by Crippen LogP contribution is 2.29. The van der Waals surface area contributed by atoms with Gasteiger partial charge in [-0.25, -0.2) is 13.2 Å². The third-order valence-electron chi connectivity index (χ3n) is 5.26. The van der Waals surface area contributed by atoms with Crippen molar-refractivity contribution in [3.8, 4) is 0 Å². The molecule has 0 spiro atoms. The normalized spacial score (nSPS) is 20.1. The van der Waals surface area contributed by atoms with Crippen LogP contribution in [0, 0.1) is 6.92 Å². The molecule has 1 saturated heterocycles. The van der Waals surface area contributed by atoms with Crippen LogP contribution in [0.1, 0.15) is 34.3 Å². The van der Waals surface area contributed by atoms with E-state index in [4.69, 9.17) is 4.74 Å². The molecule has 10 heteroatoms. The van der Waals surface area contributed by atoms with Crippen molar-refractivity contribution < 1.29 is 22.7 Å². The SMILES string of the molecule is Cc1nn(Cc2ccccc2)c2sc(C(=O)OCC(=O)NC3(C)CCS(=O)(=O)C3)cc12. The third-order valence-corrected chi connectivity index (χ3v) is 8.29. The number of hydrogen-bond donors (Lipinski definition) is 1. The van der Waals surface area contributed by atoms with Crippen LogP contribution >= 0.6 is 11.3 Å². The van der Waals surface area contributed by atoms with E-state index in [1.807, 2.05) is 41.9 Å². The lowest BCUT2D eigenvalue weighted by Gasteiger charge is -2.23. The zero-order valence-corrected chi connectivity index (χ0v) is 18.9. The van der Waals surface area contributed by atoms with Gasteiger partial charge in [0.1, 0.15) is 9.71 Å². The molecule has 31 heavy (non-hydrogen) atoms. The Morgan fingerprint density at radius 3 is 2.71 bits per heavy atom. The van der Waals surface area contributed by atoms with Gasteiger partial charge in [0.05, 0.1) is 29.3 Å². The molecule has 8 nitrogen and oxygen atoms in total. The van der Waals surface area contributed by atoms with Gasteiger partial charge in [-0.05, 0) is 31.9 Å². The first-order chi connectivity index (χ1) is 14.6. The number of amides is 1. The first kappa shape index (κ1) is 21.5. The highest BCUT2D eigenvalue weighted by molar-refractivity contribution is 7.91. The fourth-order valence-corrected chi connectivity index (χ4v) is 6.91. The van der Waals surface area contributed by atoms with E-state index >= 15 is 0 Å². The number of nitrogens with zero attached hydrogens (tertiary/aromatic N) is 2. The zero-order chi connectivity index (χ0) is 22.2. The average Bonchev–Trinajstić information content (AvgIpc) is 3.35. The van der Waals surface area contributed by atoms with Gasteiger partial charge >= 0.3 is 5.97 Å². The maximum atomic E-state index is 12.5. The van der Waals surface area contributed by atoms with Gasteiger partial charge in [-0.2, -0.15) is 5.10 Å². The fourth-order valence-electron chi connectivity index (χ4n) is 3.76. The number of rotatable bonds is 6. The van der Waals surface area contributed by atoms with Crippen LogP contribution in [0.3, 0.4) is 0 Å². The Morgan fingerprint density at radius 1 is 1.29 bits per heavy atom. The molecule has 1 fully saturated rings. The molecule has 1 aliphatic rings. The smallest absolute Gasteiger partial charge is 0.348 e. The summed E-state index contributed by atoms with van der Waals surface area (Å²) < 4.78 is 30.4. The quantitative estimate of drug-likeness (QED) is 0.565. The van der Waals surface area contributed by atoms with E-state index in [0.717, 1.165) is 21.5 Å². The number of ether oxygens (including phenoxy) is 1. The van der Waals surface area contributed by atoms with Gasteiger partial charge in [0.2, 0.25) is 0 Å². The van der Waals surface area contributed by atoms with E-state index in [2.05, 4.69) is 10.4 Å².